The van der Waals surface area contributed by atoms with Gasteiger partial charge in [0.15, 0.2) is 0 Å². The summed E-state index contributed by atoms with van der Waals surface area (Å²) in [6.45, 7) is 17.7. The molecule has 0 aliphatic heterocycles. The maximum absolute atomic E-state index is 12.2. The Morgan fingerprint density at radius 3 is 1.69 bits per heavy atom. The molecule has 8 aliphatic carbocycles. The van der Waals surface area contributed by atoms with E-state index in [0.29, 0.717) is 28.8 Å². The van der Waals surface area contributed by atoms with Crippen LogP contribution < -0.4 is 0 Å². The predicted octanol–water partition coefficient (Wildman–Crippen LogP) is 11.3. The highest BCUT2D eigenvalue weighted by molar-refractivity contribution is 5.80. The molecule has 8 rings (SSSR count). The van der Waals surface area contributed by atoms with Crippen LogP contribution in [0.5, 0.6) is 0 Å². The third-order valence-electron chi connectivity index (χ3n) is 19.0. The Morgan fingerprint density at radius 1 is 0.549 bits per heavy atom. The molecule has 2 N–H and O–H groups in total. The van der Waals surface area contributed by atoms with Gasteiger partial charge in [0.25, 0.3) is 0 Å². The number of Topliss-reactive ketones (excluding diaryl/α,β-unsaturated/α-hetero) is 2. The van der Waals surface area contributed by atoms with Crippen LogP contribution >= 0.6 is 0 Å². The highest BCUT2D eigenvalue weighted by Crippen LogP contribution is 2.68. The molecule has 0 heterocycles. The van der Waals surface area contributed by atoms with Crippen LogP contribution in [-0.2, 0) is 9.59 Å². The van der Waals surface area contributed by atoms with Gasteiger partial charge in [-0.25, -0.2) is 0 Å². The molecule has 4 heteroatoms. The lowest BCUT2D eigenvalue weighted by molar-refractivity contribution is -0.131. The molecule has 7 fully saturated rings. The number of hydrogen-bond acceptors (Lipinski definition) is 4. The molecule has 51 heavy (non-hydrogen) atoms. The second-order valence-electron chi connectivity index (χ2n) is 21.5. The molecule has 8 aliphatic rings. The van der Waals surface area contributed by atoms with E-state index in [1.165, 1.54) is 70.6 Å². The Hall–Kier alpha value is -1.00. The largest absolute Gasteiger partial charge is 0.390 e. The standard InChI is InChI=1S/C23H38O2.C23H36O2.CH4/c2*1-15(24)18-7-8-19-17-6-5-16-9-11-21(2,25)13-14-22(16,3)20(17)10-12-23(18,19)4;/h16-20,25H,5-14H2,1-4H3;5,17-20,25H,6-14H2,1-4H3;1H4/t16-,17-,18+,19-,20-,21-,22-,23+;17-,18+,19-,20-,21-,22-,23+;/m00./s1. The van der Waals surface area contributed by atoms with Gasteiger partial charge in [0, 0.05) is 11.8 Å². The first-order valence-electron chi connectivity index (χ1n) is 21.5. The number of carbonyl (C=O) groups is 2. The Morgan fingerprint density at radius 2 is 1.08 bits per heavy atom. The number of aliphatic hydroxyl groups is 2. The lowest BCUT2D eigenvalue weighted by Crippen LogP contribution is -2.52. The van der Waals surface area contributed by atoms with E-state index in [1.807, 2.05) is 20.8 Å². The maximum atomic E-state index is 12.2. The molecule has 15 atom stereocenters. The Balaban J connectivity index is 0.000000172. The highest BCUT2D eigenvalue weighted by Gasteiger charge is 2.61. The number of ketones is 2. The first-order valence-corrected chi connectivity index (χ1v) is 21.5. The van der Waals surface area contributed by atoms with Crippen LogP contribution in [0.4, 0.5) is 0 Å². The van der Waals surface area contributed by atoms with E-state index in [2.05, 4.69) is 40.7 Å². The molecular formula is C47H78O4. The molecule has 0 saturated heterocycles. The van der Waals surface area contributed by atoms with Crippen LogP contribution in [0.15, 0.2) is 11.6 Å². The number of fused-ring (bicyclic) bond motifs is 10. The van der Waals surface area contributed by atoms with Crippen molar-refractivity contribution in [1.82, 2.24) is 0 Å². The quantitative estimate of drug-likeness (QED) is 0.280. The van der Waals surface area contributed by atoms with E-state index in [4.69, 9.17) is 0 Å². The average molecular weight is 707 g/mol. The van der Waals surface area contributed by atoms with Crippen molar-refractivity contribution in [1.29, 1.82) is 0 Å². The van der Waals surface area contributed by atoms with Crippen molar-refractivity contribution in [3.63, 3.8) is 0 Å². The third-order valence-corrected chi connectivity index (χ3v) is 19.0. The first-order chi connectivity index (χ1) is 23.3. The summed E-state index contributed by atoms with van der Waals surface area (Å²) in [4.78, 5) is 24.5. The molecule has 0 unspecified atom stereocenters. The fourth-order valence-corrected chi connectivity index (χ4v) is 15.8. The van der Waals surface area contributed by atoms with Crippen molar-refractivity contribution < 1.29 is 19.8 Å². The number of rotatable bonds is 2. The van der Waals surface area contributed by atoms with Crippen LogP contribution in [0.3, 0.4) is 0 Å². The molecule has 290 valence electrons. The Bertz CT molecular complexity index is 1360. The molecule has 0 amide bonds. The van der Waals surface area contributed by atoms with Crippen LogP contribution in [0.2, 0.25) is 0 Å². The van der Waals surface area contributed by atoms with Gasteiger partial charge in [-0.3, -0.25) is 9.59 Å². The molecule has 7 saturated carbocycles. The molecule has 0 aromatic rings. The molecule has 0 spiro atoms. The summed E-state index contributed by atoms with van der Waals surface area (Å²) in [7, 11) is 0. The van der Waals surface area contributed by atoms with Crippen molar-refractivity contribution in [2.75, 3.05) is 0 Å². The van der Waals surface area contributed by atoms with Gasteiger partial charge in [0.2, 0.25) is 0 Å². The molecular weight excluding hydrogens is 629 g/mol. The van der Waals surface area contributed by atoms with Crippen LogP contribution in [0.25, 0.3) is 0 Å². The number of hydrogen-bond donors (Lipinski definition) is 2. The summed E-state index contributed by atoms with van der Waals surface area (Å²) in [6, 6.07) is 0. The van der Waals surface area contributed by atoms with Gasteiger partial charge in [0.1, 0.15) is 11.6 Å². The Labute approximate surface area is 313 Å². The summed E-state index contributed by atoms with van der Waals surface area (Å²) >= 11 is 0. The molecule has 0 aromatic carbocycles. The van der Waals surface area contributed by atoms with Crippen molar-refractivity contribution in [3.05, 3.63) is 11.6 Å². The fourth-order valence-electron chi connectivity index (χ4n) is 15.8. The number of carbonyl (C=O) groups excluding carboxylic acids is 2. The molecule has 0 bridgehead atoms. The fraction of sp³-hybridized carbons (Fsp3) is 0.915. The zero-order chi connectivity index (χ0) is 36.1. The summed E-state index contributed by atoms with van der Waals surface area (Å²) in [5.41, 5.74) is 1.89. The zero-order valence-electron chi connectivity index (χ0n) is 33.4. The first kappa shape index (κ1) is 39.7. The van der Waals surface area contributed by atoms with Crippen molar-refractivity contribution in [2.45, 2.75) is 196 Å². The smallest absolute Gasteiger partial charge is 0.133 e. The predicted molar refractivity (Wildman–Crippen MR) is 209 cm³/mol. The van der Waals surface area contributed by atoms with Gasteiger partial charge in [-0.2, -0.15) is 0 Å². The van der Waals surface area contributed by atoms with Gasteiger partial charge in [0.05, 0.1) is 11.2 Å². The molecule has 0 radical (unpaired) electrons. The van der Waals surface area contributed by atoms with Crippen LogP contribution in [-0.4, -0.2) is 33.0 Å². The molecule has 4 nitrogen and oxygen atoms in total. The maximum Gasteiger partial charge on any atom is 0.133 e. The van der Waals surface area contributed by atoms with Gasteiger partial charge in [-0.05, 0) is 213 Å². The van der Waals surface area contributed by atoms with Crippen molar-refractivity contribution in [2.24, 2.45) is 74.9 Å². The third kappa shape index (κ3) is 6.50. The Kier molecular flexibility index (Phi) is 10.6. The van der Waals surface area contributed by atoms with E-state index in [-0.39, 0.29) is 23.7 Å². The molecule has 0 aromatic heterocycles. The minimum atomic E-state index is -0.493. The summed E-state index contributed by atoms with van der Waals surface area (Å²) in [5.74, 6) is 6.92. The second kappa shape index (κ2) is 13.6. The highest BCUT2D eigenvalue weighted by atomic mass is 16.3. The van der Waals surface area contributed by atoms with Gasteiger partial charge < -0.3 is 10.2 Å². The van der Waals surface area contributed by atoms with E-state index in [0.717, 1.165) is 92.8 Å². The van der Waals surface area contributed by atoms with Crippen molar-refractivity contribution >= 4 is 11.6 Å². The van der Waals surface area contributed by atoms with E-state index >= 15 is 0 Å². The van der Waals surface area contributed by atoms with E-state index in [9.17, 15) is 19.8 Å². The van der Waals surface area contributed by atoms with E-state index < -0.39 is 11.2 Å². The lowest BCUT2D eigenvalue weighted by atomic mass is 9.46. The summed E-state index contributed by atoms with van der Waals surface area (Å²) in [6.07, 6.45) is 24.8. The van der Waals surface area contributed by atoms with Crippen LogP contribution in [0.1, 0.15) is 185 Å². The average Bonchev–Trinajstić information content (AvgIpc) is 3.52. The number of allylic oxidation sites excluding steroid dienone is 2. The second-order valence-corrected chi connectivity index (χ2v) is 21.5. The zero-order valence-corrected chi connectivity index (χ0v) is 33.4. The summed E-state index contributed by atoms with van der Waals surface area (Å²) in [5, 5.41) is 21.3. The minimum Gasteiger partial charge on any atom is -0.390 e. The lowest BCUT2D eigenvalue weighted by Gasteiger charge is -2.59. The van der Waals surface area contributed by atoms with Gasteiger partial charge >= 0.3 is 0 Å². The van der Waals surface area contributed by atoms with Gasteiger partial charge in [-0.15, -0.1) is 0 Å². The normalized spacial score (nSPS) is 53.0. The van der Waals surface area contributed by atoms with Crippen LogP contribution in [0, 0.1) is 74.9 Å². The topological polar surface area (TPSA) is 74.6 Å². The summed E-state index contributed by atoms with van der Waals surface area (Å²) < 4.78 is 0. The minimum absolute atomic E-state index is 0. The van der Waals surface area contributed by atoms with E-state index in [1.54, 1.807) is 5.57 Å². The van der Waals surface area contributed by atoms with Gasteiger partial charge in [-0.1, -0.05) is 46.8 Å². The van der Waals surface area contributed by atoms with Crippen molar-refractivity contribution in [3.8, 4) is 0 Å². The SMILES string of the molecule is C.CC(=O)[C@H]1CC[C@H]2[C@@H]3CC=C4CC[C@](C)(O)CC[C@]4(C)[C@H]3CC[C@]12C.CC(=O)[C@H]1CC[C@H]2[C@@H]3CC[C@H]4CC[C@](C)(O)CC[C@]4(C)[C@H]3CC[C@]12C. The monoisotopic (exact) mass is 707 g/mol.